The molecule has 0 amide bonds. The second-order valence-electron chi connectivity index (χ2n) is 3.20. The first-order valence-corrected chi connectivity index (χ1v) is 6.14. The lowest BCUT2D eigenvalue weighted by molar-refractivity contribution is 0.677. The molecule has 1 atom stereocenters. The molecule has 0 bridgehead atoms. The van der Waals surface area contributed by atoms with Crippen molar-refractivity contribution in [1.29, 1.82) is 5.26 Å². The van der Waals surface area contributed by atoms with Gasteiger partial charge in [-0.1, -0.05) is 0 Å². The normalized spacial score (nSPS) is 27.3. The zero-order valence-electron chi connectivity index (χ0n) is 7.19. The summed E-state index contributed by atoms with van der Waals surface area (Å²) in [6, 6.07) is 2.46. The highest BCUT2D eigenvalue weighted by molar-refractivity contribution is 8.01. The number of hydrogen-bond acceptors (Lipinski definition) is 4. The van der Waals surface area contributed by atoms with Crippen molar-refractivity contribution in [1.82, 2.24) is 4.98 Å². The van der Waals surface area contributed by atoms with Crippen molar-refractivity contribution in [3.63, 3.8) is 0 Å². The number of thiazole rings is 1. The van der Waals surface area contributed by atoms with Crippen molar-refractivity contribution >= 4 is 23.1 Å². The molecule has 1 unspecified atom stereocenters. The average Bonchev–Trinajstić information content (AvgIpc) is 2.77. The van der Waals surface area contributed by atoms with Crippen LogP contribution >= 0.6 is 23.1 Å². The van der Waals surface area contributed by atoms with Crippen molar-refractivity contribution in [2.45, 2.75) is 24.0 Å². The largest absolute Gasteiger partial charge is 0.253 e. The van der Waals surface area contributed by atoms with Crippen LogP contribution in [0, 0.1) is 11.3 Å². The molecule has 68 valence electrons. The van der Waals surface area contributed by atoms with E-state index in [9.17, 15) is 0 Å². The van der Waals surface area contributed by atoms with Crippen LogP contribution in [0.25, 0.3) is 0 Å². The second-order valence-corrected chi connectivity index (χ2v) is 5.65. The Morgan fingerprint density at radius 1 is 1.69 bits per heavy atom. The molecule has 1 aliphatic heterocycles. The van der Waals surface area contributed by atoms with Gasteiger partial charge in [0.1, 0.15) is 4.75 Å². The van der Waals surface area contributed by atoms with Gasteiger partial charge in [0.05, 0.1) is 11.6 Å². The van der Waals surface area contributed by atoms with Gasteiger partial charge in [-0.15, -0.1) is 23.1 Å². The van der Waals surface area contributed by atoms with Gasteiger partial charge in [0.15, 0.2) is 0 Å². The summed E-state index contributed by atoms with van der Waals surface area (Å²) < 4.78 is -0.146. The summed E-state index contributed by atoms with van der Waals surface area (Å²) >= 11 is 3.45. The van der Waals surface area contributed by atoms with E-state index in [4.69, 9.17) is 5.26 Å². The van der Waals surface area contributed by atoms with Crippen molar-refractivity contribution < 1.29 is 0 Å². The van der Waals surface area contributed by atoms with Gasteiger partial charge >= 0.3 is 0 Å². The SMILES string of the molecule is N#CC1(Cc2cncs2)CCCS1. The van der Waals surface area contributed by atoms with Gasteiger partial charge in [-0.05, 0) is 18.6 Å². The van der Waals surface area contributed by atoms with Crippen LogP contribution in [0.3, 0.4) is 0 Å². The Morgan fingerprint density at radius 2 is 2.62 bits per heavy atom. The smallest absolute Gasteiger partial charge is 0.107 e. The summed E-state index contributed by atoms with van der Waals surface area (Å²) in [6.45, 7) is 0. The lowest BCUT2D eigenvalue weighted by Crippen LogP contribution is -2.20. The standard InChI is InChI=1S/C9H10N2S2/c10-6-9(2-1-3-13-9)4-8-5-11-7-12-8/h5,7H,1-4H2. The molecule has 13 heavy (non-hydrogen) atoms. The highest BCUT2D eigenvalue weighted by Crippen LogP contribution is 2.40. The first-order valence-electron chi connectivity index (χ1n) is 4.27. The van der Waals surface area contributed by atoms with Gasteiger partial charge < -0.3 is 0 Å². The topological polar surface area (TPSA) is 36.7 Å². The van der Waals surface area contributed by atoms with E-state index in [1.54, 1.807) is 23.1 Å². The van der Waals surface area contributed by atoms with Crippen LogP contribution < -0.4 is 0 Å². The van der Waals surface area contributed by atoms with Gasteiger partial charge in [-0.25, -0.2) is 0 Å². The summed E-state index contributed by atoms with van der Waals surface area (Å²) in [5.74, 6) is 1.13. The molecule has 2 heterocycles. The minimum Gasteiger partial charge on any atom is -0.253 e. The summed E-state index contributed by atoms with van der Waals surface area (Å²) in [6.07, 6.45) is 4.96. The predicted molar refractivity (Wildman–Crippen MR) is 55.9 cm³/mol. The molecule has 0 spiro atoms. The maximum atomic E-state index is 9.13. The van der Waals surface area contributed by atoms with Crippen LogP contribution in [0.1, 0.15) is 17.7 Å². The Morgan fingerprint density at radius 3 is 3.15 bits per heavy atom. The third kappa shape index (κ3) is 1.87. The van der Waals surface area contributed by atoms with Gasteiger partial charge in [0.2, 0.25) is 0 Å². The monoisotopic (exact) mass is 210 g/mol. The number of nitriles is 1. The van der Waals surface area contributed by atoms with Crippen LogP contribution in [0.2, 0.25) is 0 Å². The molecule has 0 aliphatic carbocycles. The lowest BCUT2D eigenvalue weighted by atomic mass is 10.0. The van der Waals surface area contributed by atoms with Crippen LogP contribution in [-0.4, -0.2) is 15.5 Å². The molecule has 1 aliphatic rings. The number of nitrogens with zero attached hydrogens (tertiary/aromatic N) is 2. The van der Waals surface area contributed by atoms with Crippen molar-refractivity contribution in [3.8, 4) is 6.07 Å². The third-order valence-corrected chi connectivity index (χ3v) is 4.52. The van der Waals surface area contributed by atoms with E-state index in [0.29, 0.717) is 0 Å². The molecule has 0 aromatic carbocycles. The third-order valence-electron chi connectivity index (χ3n) is 2.25. The fraction of sp³-hybridized carbons (Fsp3) is 0.556. The highest BCUT2D eigenvalue weighted by atomic mass is 32.2. The Balaban J connectivity index is 2.11. The van der Waals surface area contributed by atoms with E-state index >= 15 is 0 Å². The predicted octanol–water partition coefficient (Wildman–Crippen LogP) is 2.47. The van der Waals surface area contributed by atoms with Gasteiger partial charge in [0.25, 0.3) is 0 Å². The Hall–Kier alpha value is -0.530. The van der Waals surface area contributed by atoms with E-state index in [2.05, 4.69) is 11.1 Å². The number of hydrogen-bond donors (Lipinski definition) is 0. The minimum atomic E-state index is -0.146. The molecule has 0 saturated carbocycles. The van der Waals surface area contributed by atoms with E-state index < -0.39 is 0 Å². The molecule has 2 rings (SSSR count). The van der Waals surface area contributed by atoms with Gasteiger partial charge in [-0.3, -0.25) is 4.98 Å². The maximum absolute atomic E-state index is 9.13. The number of thioether (sulfide) groups is 1. The molecule has 1 aromatic heterocycles. The summed E-state index contributed by atoms with van der Waals surface area (Å²) in [5.41, 5.74) is 1.83. The first kappa shape index (κ1) is 9.04. The quantitative estimate of drug-likeness (QED) is 0.752. The molecule has 4 heteroatoms. The van der Waals surface area contributed by atoms with Crippen LogP contribution in [0.15, 0.2) is 11.7 Å². The second kappa shape index (κ2) is 3.69. The highest BCUT2D eigenvalue weighted by Gasteiger charge is 2.35. The molecule has 1 fully saturated rings. The van der Waals surface area contributed by atoms with Crippen LogP contribution in [0.5, 0.6) is 0 Å². The molecule has 0 N–H and O–H groups in total. The maximum Gasteiger partial charge on any atom is 0.107 e. The van der Waals surface area contributed by atoms with Crippen LogP contribution in [0.4, 0.5) is 0 Å². The molecular formula is C9H10N2S2. The number of aromatic nitrogens is 1. The molecular weight excluding hydrogens is 200 g/mol. The van der Waals surface area contributed by atoms with E-state index in [1.165, 1.54) is 11.3 Å². The summed E-state index contributed by atoms with van der Waals surface area (Å²) in [5, 5.41) is 9.13. The summed E-state index contributed by atoms with van der Waals surface area (Å²) in [7, 11) is 0. The fourth-order valence-electron chi connectivity index (χ4n) is 1.58. The van der Waals surface area contributed by atoms with Crippen molar-refractivity contribution in [2.24, 2.45) is 0 Å². The van der Waals surface area contributed by atoms with E-state index in [-0.39, 0.29) is 4.75 Å². The molecule has 1 aromatic rings. The molecule has 2 nitrogen and oxygen atoms in total. The summed E-state index contributed by atoms with van der Waals surface area (Å²) in [4.78, 5) is 5.26. The zero-order valence-corrected chi connectivity index (χ0v) is 8.83. The average molecular weight is 210 g/mol. The minimum absolute atomic E-state index is 0.146. The lowest BCUT2D eigenvalue weighted by Gasteiger charge is -2.17. The first-order chi connectivity index (χ1) is 6.35. The van der Waals surface area contributed by atoms with Gasteiger partial charge in [-0.2, -0.15) is 5.26 Å². The molecule has 1 saturated heterocycles. The van der Waals surface area contributed by atoms with E-state index in [1.807, 2.05) is 11.7 Å². The number of rotatable bonds is 2. The van der Waals surface area contributed by atoms with Gasteiger partial charge in [0, 0.05) is 17.5 Å². The zero-order chi connectivity index (χ0) is 9.15. The Labute approximate surface area is 86.0 Å². The van der Waals surface area contributed by atoms with E-state index in [0.717, 1.165) is 18.6 Å². The Kier molecular flexibility index (Phi) is 2.56. The Bertz CT molecular complexity index is 307. The molecule has 0 radical (unpaired) electrons. The van der Waals surface area contributed by atoms with Crippen molar-refractivity contribution in [3.05, 3.63) is 16.6 Å². The van der Waals surface area contributed by atoms with Crippen molar-refractivity contribution in [2.75, 3.05) is 5.75 Å². The fourth-order valence-corrected chi connectivity index (χ4v) is 3.67. The van der Waals surface area contributed by atoms with Crippen LogP contribution in [-0.2, 0) is 6.42 Å².